The van der Waals surface area contributed by atoms with Gasteiger partial charge >= 0.3 is 0 Å². The van der Waals surface area contributed by atoms with Gasteiger partial charge in [-0.15, -0.1) is 24.0 Å². The molecule has 28 heavy (non-hydrogen) atoms. The summed E-state index contributed by atoms with van der Waals surface area (Å²) in [6.45, 7) is 3.56. The fraction of sp³-hybridized carbons (Fsp3) is 0.696. The summed E-state index contributed by atoms with van der Waals surface area (Å²) in [5, 5.41) is 7.28. The van der Waals surface area contributed by atoms with E-state index in [9.17, 15) is 0 Å². The summed E-state index contributed by atoms with van der Waals surface area (Å²) in [5.74, 6) is 2.54. The highest BCUT2D eigenvalue weighted by atomic mass is 127. The largest absolute Gasteiger partial charge is 0.356 e. The Hall–Kier alpha value is -0.820. The van der Waals surface area contributed by atoms with Crippen molar-refractivity contribution in [2.75, 3.05) is 26.7 Å². The van der Waals surface area contributed by atoms with E-state index in [1.165, 1.54) is 70.0 Å². The topological polar surface area (TPSA) is 39.7 Å². The van der Waals surface area contributed by atoms with Crippen molar-refractivity contribution >= 4 is 29.9 Å². The molecule has 3 fully saturated rings. The van der Waals surface area contributed by atoms with Crippen molar-refractivity contribution in [3.8, 4) is 0 Å². The molecule has 156 valence electrons. The van der Waals surface area contributed by atoms with Gasteiger partial charge in [-0.05, 0) is 68.8 Å². The summed E-state index contributed by atoms with van der Waals surface area (Å²) in [6, 6.07) is 12.6. The van der Waals surface area contributed by atoms with Crippen LogP contribution in [0.4, 0.5) is 0 Å². The lowest BCUT2D eigenvalue weighted by Crippen LogP contribution is -2.49. The molecule has 1 aliphatic heterocycles. The molecule has 1 saturated heterocycles. The third-order valence-electron chi connectivity index (χ3n) is 6.83. The van der Waals surface area contributed by atoms with Crippen molar-refractivity contribution in [2.24, 2.45) is 10.9 Å². The van der Waals surface area contributed by atoms with Gasteiger partial charge in [-0.3, -0.25) is 4.99 Å². The van der Waals surface area contributed by atoms with E-state index in [4.69, 9.17) is 0 Å². The van der Waals surface area contributed by atoms with E-state index < -0.39 is 0 Å². The van der Waals surface area contributed by atoms with Crippen molar-refractivity contribution in [1.29, 1.82) is 0 Å². The predicted molar refractivity (Wildman–Crippen MR) is 129 cm³/mol. The summed E-state index contributed by atoms with van der Waals surface area (Å²) >= 11 is 0. The molecule has 1 heterocycles. The minimum absolute atomic E-state index is 0. The number of hydrogen-bond acceptors (Lipinski definition) is 2. The molecule has 4 rings (SSSR count). The lowest BCUT2D eigenvalue weighted by molar-refractivity contribution is 0.197. The van der Waals surface area contributed by atoms with Crippen molar-refractivity contribution in [3.63, 3.8) is 0 Å². The Kier molecular flexibility index (Phi) is 8.45. The lowest BCUT2D eigenvalue weighted by Gasteiger charge is -2.33. The molecule has 0 bridgehead atoms. The molecule has 2 N–H and O–H groups in total. The molecule has 0 aromatic heterocycles. The molecule has 5 heteroatoms. The molecule has 3 aliphatic rings. The first-order chi connectivity index (χ1) is 13.3. The van der Waals surface area contributed by atoms with Crippen LogP contribution in [0.5, 0.6) is 0 Å². The first-order valence-corrected chi connectivity index (χ1v) is 11.1. The Morgan fingerprint density at radius 1 is 0.964 bits per heavy atom. The molecule has 0 amide bonds. The maximum absolute atomic E-state index is 4.48. The number of guanidine groups is 1. The van der Waals surface area contributed by atoms with Crippen molar-refractivity contribution in [1.82, 2.24) is 15.5 Å². The van der Waals surface area contributed by atoms with Crippen LogP contribution < -0.4 is 10.6 Å². The smallest absolute Gasteiger partial charge is 0.191 e. The minimum atomic E-state index is 0. The van der Waals surface area contributed by atoms with Gasteiger partial charge in [-0.2, -0.15) is 0 Å². The molecule has 1 aromatic carbocycles. The highest BCUT2D eigenvalue weighted by Gasteiger charge is 2.32. The second kappa shape index (κ2) is 10.8. The summed E-state index contributed by atoms with van der Waals surface area (Å²) in [7, 11) is 1.90. The number of hydrogen-bond donors (Lipinski definition) is 2. The summed E-state index contributed by atoms with van der Waals surface area (Å²) in [6.07, 6.45) is 10.6. The Morgan fingerprint density at radius 2 is 1.64 bits per heavy atom. The van der Waals surface area contributed by atoms with Gasteiger partial charge in [0.15, 0.2) is 5.96 Å². The highest BCUT2D eigenvalue weighted by Crippen LogP contribution is 2.35. The zero-order valence-corrected chi connectivity index (χ0v) is 19.6. The van der Waals surface area contributed by atoms with Gasteiger partial charge in [-0.1, -0.05) is 30.3 Å². The number of benzene rings is 1. The number of nitrogens with zero attached hydrogens (tertiary/aromatic N) is 2. The molecule has 2 aliphatic carbocycles. The van der Waals surface area contributed by atoms with Crippen LogP contribution in [0.3, 0.4) is 0 Å². The van der Waals surface area contributed by atoms with Crippen LogP contribution in [0.1, 0.15) is 62.8 Å². The molecule has 0 atom stereocenters. The Labute approximate surface area is 188 Å². The third-order valence-corrected chi connectivity index (χ3v) is 6.83. The van der Waals surface area contributed by atoms with Gasteiger partial charge in [0.25, 0.3) is 0 Å². The molecule has 0 spiro atoms. The van der Waals surface area contributed by atoms with Crippen LogP contribution in [0.15, 0.2) is 35.3 Å². The minimum Gasteiger partial charge on any atom is -0.356 e. The van der Waals surface area contributed by atoms with Gasteiger partial charge in [0.2, 0.25) is 0 Å². The van der Waals surface area contributed by atoms with E-state index >= 15 is 0 Å². The van der Waals surface area contributed by atoms with Crippen LogP contribution in [-0.2, 0) is 0 Å². The zero-order chi connectivity index (χ0) is 18.5. The maximum atomic E-state index is 4.48. The molecule has 2 saturated carbocycles. The fourth-order valence-corrected chi connectivity index (χ4v) is 4.90. The summed E-state index contributed by atoms with van der Waals surface area (Å²) < 4.78 is 0. The van der Waals surface area contributed by atoms with E-state index in [-0.39, 0.29) is 24.0 Å². The van der Waals surface area contributed by atoms with Crippen LogP contribution in [-0.4, -0.2) is 49.6 Å². The number of aliphatic imine (C=N–C) groups is 1. The SMILES string of the molecule is CN=C(NCC1CCC(c2ccccc2)CC1)NC1CCN(C2CC2)CC1.I. The van der Waals surface area contributed by atoms with Gasteiger partial charge < -0.3 is 15.5 Å². The quantitative estimate of drug-likeness (QED) is 0.362. The number of likely N-dealkylation sites (tertiary alicyclic amines) is 1. The van der Waals surface area contributed by atoms with Crippen molar-refractivity contribution < 1.29 is 0 Å². The number of nitrogens with one attached hydrogen (secondary N) is 2. The first kappa shape index (κ1) is 21.9. The monoisotopic (exact) mass is 496 g/mol. The Morgan fingerprint density at radius 3 is 2.25 bits per heavy atom. The van der Waals surface area contributed by atoms with Gasteiger partial charge in [-0.25, -0.2) is 0 Å². The van der Waals surface area contributed by atoms with Crippen LogP contribution in [0.2, 0.25) is 0 Å². The van der Waals surface area contributed by atoms with Crippen LogP contribution in [0.25, 0.3) is 0 Å². The molecular weight excluding hydrogens is 459 g/mol. The molecule has 0 radical (unpaired) electrons. The van der Waals surface area contributed by atoms with Crippen molar-refractivity contribution in [2.45, 2.75) is 69.4 Å². The summed E-state index contributed by atoms with van der Waals surface area (Å²) in [4.78, 5) is 7.16. The van der Waals surface area contributed by atoms with E-state index in [2.05, 4.69) is 50.9 Å². The second-order valence-corrected chi connectivity index (χ2v) is 8.77. The van der Waals surface area contributed by atoms with E-state index in [1.807, 2.05) is 7.05 Å². The number of rotatable bonds is 5. The number of piperidine rings is 1. The van der Waals surface area contributed by atoms with E-state index in [1.54, 1.807) is 0 Å². The van der Waals surface area contributed by atoms with Gasteiger partial charge in [0.05, 0.1) is 0 Å². The fourth-order valence-electron chi connectivity index (χ4n) is 4.90. The second-order valence-electron chi connectivity index (χ2n) is 8.77. The van der Waals surface area contributed by atoms with Crippen LogP contribution >= 0.6 is 24.0 Å². The van der Waals surface area contributed by atoms with Gasteiger partial charge in [0.1, 0.15) is 0 Å². The van der Waals surface area contributed by atoms with Crippen LogP contribution in [0, 0.1) is 5.92 Å². The Bertz CT molecular complexity index is 600. The standard InChI is InChI=1S/C23H36N4.HI/c1-24-23(26-21-13-15-27(16-14-21)22-11-12-22)25-17-18-7-9-20(10-8-18)19-5-3-2-4-6-19;/h2-6,18,20-22H,7-17H2,1H3,(H2,24,25,26);1H. The average Bonchev–Trinajstić information content (AvgIpc) is 3.58. The highest BCUT2D eigenvalue weighted by molar-refractivity contribution is 14.0. The Balaban J connectivity index is 0.00000225. The molecular formula is C23H37IN4. The first-order valence-electron chi connectivity index (χ1n) is 11.1. The van der Waals surface area contributed by atoms with Crippen molar-refractivity contribution in [3.05, 3.63) is 35.9 Å². The third kappa shape index (κ3) is 6.09. The maximum Gasteiger partial charge on any atom is 0.191 e. The molecule has 4 nitrogen and oxygen atoms in total. The lowest BCUT2D eigenvalue weighted by atomic mass is 9.79. The molecule has 0 unspecified atom stereocenters. The van der Waals surface area contributed by atoms with E-state index in [0.717, 1.165) is 30.4 Å². The normalized spacial score (nSPS) is 27.1. The zero-order valence-electron chi connectivity index (χ0n) is 17.3. The summed E-state index contributed by atoms with van der Waals surface area (Å²) in [5.41, 5.74) is 1.53. The predicted octanol–water partition coefficient (Wildman–Crippen LogP) is 4.37. The van der Waals surface area contributed by atoms with Gasteiger partial charge in [0, 0.05) is 38.8 Å². The van der Waals surface area contributed by atoms with E-state index in [0.29, 0.717) is 6.04 Å². The number of halogens is 1. The average molecular weight is 496 g/mol. The molecule has 1 aromatic rings.